The summed E-state index contributed by atoms with van der Waals surface area (Å²) in [6.07, 6.45) is 0. The second-order valence-corrected chi connectivity index (χ2v) is 10.4. The van der Waals surface area contributed by atoms with Gasteiger partial charge in [-0.1, -0.05) is 6.07 Å². The Labute approximate surface area is 180 Å². The maximum absolute atomic E-state index is 13.6. The first-order valence-electron chi connectivity index (χ1n) is 10.1. The van der Waals surface area contributed by atoms with Crippen LogP contribution in [0.25, 0.3) is 10.9 Å². The number of benzene rings is 2. The van der Waals surface area contributed by atoms with Crippen LogP contribution in [0.4, 0.5) is 4.39 Å². The van der Waals surface area contributed by atoms with E-state index in [1.807, 2.05) is 25.2 Å². The van der Waals surface area contributed by atoms with Gasteiger partial charge < -0.3 is 14.8 Å². The van der Waals surface area contributed by atoms with Gasteiger partial charge in [0.1, 0.15) is 11.6 Å². The third-order valence-electron chi connectivity index (χ3n) is 6.55. The largest absolute Gasteiger partial charge is 0.497 e. The number of nitrogens with one attached hydrogen (secondary N) is 1. The number of nitrogens with zero attached hydrogens (tertiary/aromatic N) is 2. The smallest absolute Gasteiger partial charge is 0.243 e. The predicted molar refractivity (Wildman–Crippen MR) is 114 cm³/mol. The van der Waals surface area contributed by atoms with Gasteiger partial charge in [-0.05, 0) is 42.9 Å². The fourth-order valence-corrected chi connectivity index (χ4v) is 6.74. The molecular weight excluding hydrogens is 421 g/mol. The average molecular weight is 446 g/mol. The van der Waals surface area contributed by atoms with Crippen molar-refractivity contribution >= 4 is 20.9 Å². The SMILES string of the molecule is COc1ccc2c3c([nH]c2c1)[C@@H](CO)N(C)CC31CN(S(=O)(=O)c2cccc(F)c2)C1. The zero-order valence-electron chi connectivity index (χ0n) is 17.3. The highest BCUT2D eigenvalue weighted by molar-refractivity contribution is 7.89. The number of rotatable bonds is 4. The van der Waals surface area contributed by atoms with Crippen molar-refractivity contribution in [2.24, 2.45) is 0 Å². The van der Waals surface area contributed by atoms with E-state index in [1.54, 1.807) is 7.11 Å². The first-order chi connectivity index (χ1) is 14.8. The Hall–Kier alpha value is -2.46. The molecule has 9 heteroatoms. The number of hydrogen-bond donors (Lipinski definition) is 2. The molecule has 164 valence electrons. The fourth-order valence-electron chi connectivity index (χ4n) is 5.10. The normalized spacial score (nSPS) is 21.2. The summed E-state index contributed by atoms with van der Waals surface area (Å²) in [5.41, 5.74) is 2.43. The molecule has 2 aliphatic heterocycles. The monoisotopic (exact) mass is 445 g/mol. The molecule has 0 aliphatic carbocycles. The number of ether oxygens (including phenoxy) is 1. The molecule has 3 aromatic rings. The molecule has 1 aromatic heterocycles. The summed E-state index contributed by atoms with van der Waals surface area (Å²) >= 11 is 0. The lowest BCUT2D eigenvalue weighted by molar-refractivity contribution is 0.0467. The lowest BCUT2D eigenvalue weighted by Gasteiger charge is -2.54. The molecule has 1 fully saturated rings. The van der Waals surface area contributed by atoms with Crippen molar-refractivity contribution in [3.63, 3.8) is 0 Å². The molecule has 0 amide bonds. The van der Waals surface area contributed by atoms with Crippen molar-refractivity contribution in [3.8, 4) is 5.75 Å². The Kier molecular flexibility index (Phi) is 4.63. The second kappa shape index (κ2) is 7.03. The molecule has 1 saturated heterocycles. The fraction of sp³-hybridized carbons (Fsp3) is 0.364. The standard InChI is InChI=1S/C22H24FN3O4S/c1-25-11-22(12-26(13-22)31(28,29)16-5-3-4-14(23)8-16)20-17-7-6-15(30-2)9-18(17)24-21(20)19(25)10-27/h3-9,19,24,27H,10-13H2,1-2H3/t19-/m1/s1. The molecule has 5 rings (SSSR count). The first-order valence-corrected chi connectivity index (χ1v) is 11.5. The highest BCUT2D eigenvalue weighted by atomic mass is 32.2. The lowest BCUT2D eigenvalue weighted by Crippen LogP contribution is -2.67. The highest BCUT2D eigenvalue weighted by Crippen LogP contribution is 2.49. The number of sulfonamides is 1. The molecule has 0 unspecified atom stereocenters. The van der Waals surface area contributed by atoms with E-state index in [2.05, 4.69) is 9.88 Å². The van der Waals surface area contributed by atoms with Crippen LogP contribution in [-0.4, -0.2) is 68.1 Å². The topological polar surface area (TPSA) is 85.9 Å². The summed E-state index contributed by atoms with van der Waals surface area (Å²) in [6, 6.07) is 10.7. The van der Waals surface area contributed by atoms with E-state index < -0.39 is 21.3 Å². The number of aromatic amines is 1. The van der Waals surface area contributed by atoms with Crippen LogP contribution in [0.5, 0.6) is 5.75 Å². The summed E-state index contributed by atoms with van der Waals surface area (Å²) in [4.78, 5) is 5.46. The van der Waals surface area contributed by atoms with Crippen LogP contribution < -0.4 is 4.74 Å². The average Bonchev–Trinajstić information content (AvgIpc) is 3.10. The number of aromatic nitrogens is 1. The molecule has 2 aliphatic rings. The quantitative estimate of drug-likeness (QED) is 0.643. The zero-order valence-corrected chi connectivity index (χ0v) is 18.1. The van der Waals surface area contributed by atoms with Crippen molar-refractivity contribution in [1.29, 1.82) is 0 Å². The van der Waals surface area contributed by atoms with E-state index in [-0.39, 0.29) is 17.5 Å². The van der Waals surface area contributed by atoms with Gasteiger partial charge in [0.2, 0.25) is 10.0 Å². The van der Waals surface area contributed by atoms with Crippen molar-refractivity contribution in [2.45, 2.75) is 16.4 Å². The molecule has 0 bridgehead atoms. The number of hydrogen-bond acceptors (Lipinski definition) is 5. The Balaban J connectivity index is 1.57. The summed E-state index contributed by atoms with van der Waals surface area (Å²) in [5.74, 6) is 0.144. The van der Waals surface area contributed by atoms with Crippen molar-refractivity contribution in [3.05, 3.63) is 59.5 Å². The molecule has 3 heterocycles. The Morgan fingerprint density at radius 1 is 1.23 bits per heavy atom. The Morgan fingerprint density at radius 3 is 2.68 bits per heavy atom. The van der Waals surface area contributed by atoms with Gasteiger partial charge in [0, 0.05) is 47.7 Å². The van der Waals surface area contributed by atoms with E-state index >= 15 is 0 Å². The summed E-state index contributed by atoms with van der Waals surface area (Å²) < 4.78 is 46.5. The second-order valence-electron chi connectivity index (χ2n) is 8.45. The van der Waals surface area contributed by atoms with Crippen LogP contribution >= 0.6 is 0 Å². The van der Waals surface area contributed by atoms with E-state index in [9.17, 15) is 17.9 Å². The number of aliphatic hydroxyl groups excluding tert-OH is 1. The van der Waals surface area contributed by atoms with Crippen LogP contribution in [0.2, 0.25) is 0 Å². The molecular formula is C22H24FN3O4S. The maximum atomic E-state index is 13.6. The van der Waals surface area contributed by atoms with Gasteiger partial charge >= 0.3 is 0 Å². The summed E-state index contributed by atoms with van der Waals surface area (Å²) in [5, 5.41) is 11.0. The minimum Gasteiger partial charge on any atom is -0.497 e. The van der Waals surface area contributed by atoms with Crippen LogP contribution in [-0.2, 0) is 15.4 Å². The molecule has 1 atom stereocenters. The predicted octanol–water partition coefficient (Wildman–Crippen LogP) is 2.24. The number of H-pyrrole nitrogens is 1. The molecule has 1 spiro atoms. The summed E-state index contributed by atoms with van der Waals surface area (Å²) in [7, 11) is -0.251. The Morgan fingerprint density at radius 2 is 2.00 bits per heavy atom. The molecule has 0 saturated carbocycles. The summed E-state index contributed by atoms with van der Waals surface area (Å²) in [6.45, 7) is 1.15. The van der Waals surface area contributed by atoms with Crippen LogP contribution in [0, 0.1) is 5.82 Å². The number of halogens is 1. The van der Waals surface area contributed by atoms with E-state index in [0.29, 0.717) is 19.6 Å². The number of likely N-dealkylation sites (N-methyl/N-ethyl adjacent to an activating group) is 1. The number of methoxy groups -OCH3 is 1. The van der Waals surface area contributed by atoms with Gasteiger partial charge in [-0.2, -0.15) is 4.31 Å². The zero-order chi connectivity index (χ0) is 22.0. The van der Waals surface area contributed by atoms with Gasteiger partial charge in [-0.3, -0.25) is 4.90 Å². The van der Waals surface area contributed by atoms with Gasteiger partial charge in [-0.25, -0.2) is 12.8 Å². The van der Waals surface area contributed by atoms with Crippen molar-refractivity contribution in [1.82, 2.24) is 14.2 Å². The minimum atomic E-state index is -3.79. The molecule has 2 aromatic carbocycles. The molecule has 31 heavy (non-hydrogen) atoms. The molecule has 0 radical (unpaired) electrons. The highest BCUT2D eigenvalue weighted by Gasteiger charge is 2.55. The maximum Gasteiger partial charge on any atom is 0.243 e. The van der Waals surface area contributed by atoms with E-state index in [0.717, 1.165) is 34.0 Å². The van der Waals surface area contributed by atoms with Crippen LogP contribution in [0.1, 0.15) is 17.3 Å². The van der Waals surface area contributed by atoms with Crippen LogP contribution in [0.3, 0.4) is 0 Å². The first kappa shape index (κ1) is 20.4. The van der Waals surface area contributed by atoms with Gasteiger partial charge in [-0.15, -0.1) is 0 Å². The van der Waals surface area contributed by atoms with Gasteiger partial charge in [0.15, 0.2) is 0 Å². The van der Waals surface area contributed by atoms with E-state index in [1.165, 1.54) is 22.5 Å². The van der Waals surface area contributed by atoms with Gasteiger partial charge in [0.25, 0.3) is 0 Å². The van der Waals surface area contributed by atoms with Gasteiger partial charge in [0.05, 0.1) is 24.7 Å². The third-order valence-corrected chi connectivity index (χ3v) is 8.33. The molecule has 2 N–H and O–H groups in total. The van der Waals surface area contributed by atoms with E-state index in [4.69, 9.17) is 4.74 Å². The van der Waals surface area contributed by atoms with Crippen LogP contribution in [0.15, 0.2) is 47.4 Å². The van der Waals surface area contributed by atoms with Crippen molar-refractivity contribution in [2.75, 3.05) is 40.4 Å². The lowest BCUT2D eigenvalue weighted by atomic mass is 9.70. The third kappa shape index (κ3) is 2.99. The minimum absolute atomic E-state index is 0.0383. The number of aliphatic hydroxyl groups is 1. The van der Waals surface area contributed by atoms with Crippen molar-refractivity contribution < 1.29 is 22.7 Å². The molecule has 7 nitrogen and oxygen atoms in total. The number of fused-ring (bicyclic) bond motifs is 4. The Bertz CT molecular complexity index is 1270.